The molecule has 22 heavy (non-hydrogen) atoms. The van der Waals surface area contributed by atoms with Gasteiger partial charge in [0.2, 0.25) is 0 Å². The van der Waals surface area contributed by atoms with Gasteiger partial charge in [-0.05, 0) is 35.9 Å². The van der Waals surface area contributed by atoms with Gasteiger partial charge in [0, 0.05) is 16.7 Å². The zero-order chi connectivity index (χ0) is 16.3. The number of ketones is 1. The number of carbonyl (C=O) groups is 1. The van der Waals surface area contributed by atoms with Crippen LogP contribution in [0.5, 0.6) is 5.75 Å². The molecule has 2 aromatic carbocycles. The smallest absolute Gasteiger partial charge is 0.311 e. The Balaban J connectivity index is 2.28. The molecule has 0 saturated carbocycles. The van der Waals surface area contributed by atoms with Crippen molar-refractivity contribution in [2.45, 2.75) is 0 Å². The van der Waals surface area contributed by atoms with E-state index in [-0.39, 0.29) is 16.4 Å². The maximum atomic E-state index is 12.1. The van der Waals surface area contributed by atoms with Gasteiger partial charge < -0.3 is 5.11 Å². The van der Waals surface area contributed by atoms with Crippen LogP contribution in [-0.4, -0.2) is 15.8 Å². The van der Waals surface area contributed by atoms with Crippen LogP contribution in [0.3, 0.4) is 0 Å². The summed E-state index contributed by atoms with van der Waals surface area (Å²) < 4.78 is 0. The van der Waals surface area contributed by atoms with Gasteiger partial charge in [-0.1, -0.05) is 35.3 Å². The van der Waals surface area contributed by atoms with Crippen molar-refractivity contribution >= 4 is 40.7 Å². The van der Waals surface area contributed by atoms with Crippen LogP contribution in [0.2, 0.25) is 10.0 Å². The highest BCUT2D eigenvalue weighted by atomic mass is 35.5. The van der Waals surface area contributed by atoms with Gasteiger partial charge in [0.25, 0.3) is 0 Å². The molecule has 0 saturated heterocycles. The van der Waals surface area contributed by atoms with Crippen LogP contribution in [0, 0.1) is 10.1 Å². The number of phenols is 1. The van der Waals surface area contributed by atoms with E-state index in [0.29, 0.717) is 10.6 Å². The monoisotopic (exact) mass is 337 g/mol. The third-order valence-corrected chi connectivity index (χ3v) is 3.38. The van der Waals surface area contributed by atoms with E-state index in [9.17, 15) is 20.0 Å². The quantitative estimate of drug-likeness (QED) is 0.385. The first-order valence-electron chi connectivity index (χ1n) is 6.03. The van der Waals surface area contributed by atoms with Gasteiger partial charge >= 0.3 is 5.69 Å². The second-order valence-electron chi connectivity index (χ2n) is 4.33. The van der Waals surface area contributed by atoms with Gasteiger partial charge in [-0.15, -0.1) is 0 Å². The predicted molar refractivity (Wildman–Crippen MR) is 84.6 cm³/mol. The zero-order valence-electron chi connectivity index (χ0n) is 11.0. The number of hydrogen-bond acceptors (Lipinski definition) is 4. The fourth-order valence-corrected chi connectivity index (χ4v) is 2.12. The molecule has 0 aromatic heterocycles. The van der Waals surface area contributed by atoms with Crippen molar-refractivity contribution < 1.29 is 14.8 Å². The lowest BCUT2D eigenvalue weighted by molar-refractivity contribution is -0.385. The number of carbonyl (C=O) groups excluding carboxylic acids is 1. The van der Waals surface area contributed by atoms with Gasteiger partial charge in [0.15, 0.2) is 11.5 Å². The molecule has 0 fully saturated rings. The Morgan fingerprint density at radius 2 is 1.91 bits per heavy atom. The summed E-state index contributed by atoms with van der Waals surface area (Å²) in [5.41, 5.74) is 0.199. The lowest BCUT2D eigenvalue weighted by Crippen LogP contribution is -1.95. The molecule has 0 radical (unpaired) electrons. The summed E-state index contributed by atoms with van der Waals surface area (Å²) in [7, 11) is 0. The Hall–Kier alpha value is -2.37. The second-order valence-corrected chi connectivity index (χ2v) is 5.17. The molecule has 0 atom stereocenters. The van der Waals surface area contributed by atoms with Gasteiger partial charge in [-0.2, -0.15) is 0 Å². The Bertz CT molecular complexity index is 787. The maximum Gasteiger partial charge on any atom is 0.311 e. The second kappa shape index (κ2) is 6.60. The third-order valence-electron chi connectivity index (χ3n) is 2.82. The van der Waals surface area contributed by atoms with Crippen LogP contribution in [0.1, 0.15) is 15.9 Å². The van der Waals surface area contributed by atoms with Crippen molar-refractivity contribution in [1.82, 2.24) is 0 Å². The molecule has 0 heterocycles. The van der Waals surface area contributed by atoms with E-state index >= 15 is 0 Å². The number of rotatable bonds is 4. The summed E-state index contributed by atoms with van der Waals surface area (Å²) >= 11 is 11.7. The Kier molecular flexibility index (Phi) is 4.80. The number of halogens is 2. The highest BCUT2D eigenvalue weighted by Gasteiger charge is 2.13. The Labute approximate surface area is 135 Å². The van der Waals surface area contributed by atoms with Crippen molar-refractivity contribution in [1.29, 1.82) is 0 Å². The standard InChI is InChI=1S/C15H9Cl2NO4/c16-10-3-4-12(17)11(8-10)14(19)5-1-9-2-6-15(20)13(7-9)18(21)22/h1-8,20H/b5-1+. The fraction of sp³-hybridized carbons (Fsp3) is 0. The van der Waals surface area contributed by atoms with Gasteiger partial charge in [0.1, 0.15) is 0 Å². The van der Waals surface area contributed by atoms with Crippen LogP contribution in [0.4, 0.5) is 5.69 Å². The number of allylic oxidation sites excluding steroid dienone is 1. The van der Waals surface area contributed by atoms with E-state index in [1.165, 1.54) is 42.5 Å². The third kappa shape index (κ3) is 3.63. The van der Waals surface area contributed by atoms with E-state index in [4.69, 9.17) is 23.2 Å². The first-order valence-corrected chi connectivity index (χ1v) is 6.79. The maximum absolute atomic E-state index is 12.1. The molecule has 0 spiro atoms. The first kappa shape index (κ1) is 16.0. The van der Waals surface area contributed by atoms with E-state index < -0.39 is 16.4 Å². The minimum absolute atomic E-state index is 0.235. The lowest BCUT2D eigenvalue weighted by atomic mass is 10.1. The fourth-order valence-electron chi connectivity index (χ4n) is 1.74. The molecule has 1 N–H and O–H groups in total. The number of nitrogens with zero attached hydrogens (tertiary/aromatic N) is 1. The summed E-state index contributed by atoms with van der Waals surface area (Å²) in [5, 5.41) is 20.7. The molecule has 2 rings (SSSR count). The van der Waals surface area contributed by atoms with E-state index in [0.717, 1.165) is 0 Å². The molecular weight excluding hydrogens is 329 g/mol. The summed E-state index contributed by atoms with van der Waals surface area (Å²) in [6.07, 6.45) is 2.62. The summed E-state index contributed by atoms with van der Waals surface area (Å²) in [5.74, 6) is -0.824. The topological polar surface area (TPSA) is 80.4 Å². The number of benzene rings is 2. The Morgan fingerprint density at radius 3 is 2.59 bits per heavy atom. The molecule has 0 amide bonds. The SMILES string of the molecule is O=C(/C=C/c1ccc(O)c([N+](=O)[O-])c1)c1cc(Cl)ccc1Cl. The number of hydrogen-bond donors (Lipinski definition) is 1. The number of nitro groups is 1. The Morgan fingerprint density at radius 1 is 1.18 bits per heavy atom. The van der Waals surface area contributed by atoms with Gasteiger partial charge in [-0.25, -0.2) is 0 Å². The first-order chi connectivity index (χ1) is 10.4. The van der Waals surface area contributed by atoms with Crippen molar-refractivity contribution in [3.63, 3.8) is 0 Å². The summed E-state index contributed by atoms with van der Waals surface area (Å²) in [4.78, 5) is 22.1. The lowest BCUT2D eigenvalue weighted by Gasteiger charge is -2.01. The molecular formula is C15H9Cl2NO4. The molecule has 0 aliphatic carbocycles. The average Bonchev–Trinajstić information content (AvgIpc) is 2.48. The van der Waals surface area contributed by atoms with E-state index in [1.807, 2.05) is 0 Å². The van der Waals surface area contributed by atoms with Crippen LogP contribution in [-0.2, 0) is 0 Å². The highest BCUT2D eigenvalue weighted by Crippen LogP contribution is 2.27. The van der Waals surface area contributed by atoms with Crippen molar-refractivity contribution in [3.8, 4) is 5.75 Å². The van der Waals surface area contributed by atoms with Crippen LogP contribution < -0.4 is 0 Å². The number of phenolic OH excluding ortho intramolecular Hbond substituents is 1. The molecule has 2 aromatic rings. The zero-order valence-corrected chi connectivity index (χ0v) is 12.5. The van der Waals surface area contributed by atoms with E-state index in [1.54, 1.807) is 6.07 Å². The molecule has 7 heteroatoms. The van der Waals surface area contributed by atoms with Crippen molar-refractivity contribution in [2.24, 2.45) is 0 Å². The predicted octanol–water partition coefficient (Wildman–Crippen LogP) is 4.50. The molecule has 0 aliphatic heterocycles. The van der Waals surface area contributed by atoms with Crippen LogP contribution in [0.25, 0.3) is 6.08 Å². The highest BCUT2D eigenvalue weighted by molar-refractivity contribution is 6.36. The van der Waals surface area contributed by atoms with Crippen LogP contribution >= 0.6 is 23.2 Å². The summed E-state index contributed by atoms with van der Waals surface area (Å²) in [6, 6.07) is 8.32. The van der Waals surface area contributed by atoms with Crippen LogP contribution in [0.15, 0.2) is 42.5 Å². The molecule has 0 unspecified atom stereocenters. The largest absolute Gasteiger partial charge is 0.502 e. The van der Waals surface area contributed by atoms with E-state index in [2.05, 4.69) is 0 Å². The van der Waals surface area contributed by atoms with Crippen molar-refractivity contribution in [2.75, 3.05) is 0 Å². The molecule has 5 nitrogen and oxygen atoms in total. The number of aromatic hydroxyl groups is 1. The van der Waals surface area contributed by atoms with Crippen molar-refractivity contribution in [3.05, 3.63) is 73.8 Å². The van der Waals surface area contributed by atoms with Gasteiger partial charge in [-0.3, -0.25) is 14.9 Å². The normalized spacial score (nSPS) is 10.8. The van der Waals surface area contributed by atoms with Gasteiger partial charge in [0.05, 0.1) is 9.95 Å². The molecule has 0 aliphatic rings. The summed E-state index contributed by atoms with van der Waals surface area (Å²) in [6.45, 7) is 0. The minimum atomic E-state index is -0.706. The number of nitro benzene ring substituents is 1. The average molecular weight is 338 g/mol. The molecule has 0 bridgehead atoms. The minimum Gasteiger partial charge on any atom is -0.502 e. The molecule has 112 valence electrons.